The van der Waals surface area contributed by atoms with Gasteiger partial charge in [-0.15, -0.1) is 11.3 Å². The molecular formula is C8H10OS. The standard InChI is InChI=1S/C8H10OS/c1-8(4-5-9-8)7-3-2-6-10-7/h2-3,6H,4-5H2,1H3. The monoisotopic (exact) mass is 154 g/mol. The van der Waals surface area contributed by atoms with Crippen molar-refractivity contribution in [2.45, 2.75) is 18.9 Å². The number of rotatable bonds is 1. The summed E-state index contributed by atoms with van der Waals surface area (Å²) in [5.41, 5.74) is 0.0637. The van der Waals surface area contributed by atoms with Gasteiger partial charge in [-0.25, -0.2) is 0 Å². The summed E-state index contributed by atoms with van der Waals surface area (Å²) >= 11 is 1.78. The van der Waals surface area contributed by atoms with Crippen LogP contribution in [0, 0.1) is 0 Å². The Balaban J connectivity index is 2.27. The molecule has 0 aromatic carbocycles. The Kier molecular flexibility index (Phi) is 1.32. The molecule has 2 heterocycles. The van der Waals surface area contributed by atoms with Crippen molar-refractivity contribution >= 4 is 11.3 Å². The van der Waals surface area contributed by atoms with Crippen LogP contribution in [-0.4, -0.2) is 6.61 Å². The van der Waals surface area contributed by atoms with Gasteiger partial charge in [0.1, 0.15) is 5.60 Å². The molecule has 0 N–H and O–H groups in total. The van der Waals surface area contributed by atoms with Crippen molar-refractivity contribution in [3.05, 3.63) is 22.4 Å². The summed E-state index contributed by atoms with van der Waals surface area (Å²) in [6.45, 7) is 3.08. The van der Waals surface area contributed by atoms with E-state index in [1.54, 1.807) is 11.3 Å². The van der Waals surface area contributed by atoms with Crippen LogP contribution in [0.25, 0.3) is 0 Å². The van der Waals surface area contributed by atoms with Crippen LogP contribution in [-0.2, 0) is 10.3 Å². The van der Waals surface area contributed by atoms with Gasteiger partial charge in [-0.1, -0.05) is 6.07 Å². The molecule has 0 spiro atoms. The van der Waals surface area contributed by atoms with E-state index in [2.05, 4.69) is 24.4 Å². The maximum atomic E-state index is 5.47. The van der Waals surface area contributed by atoms with Crippen LogP contribution in [0.5, 0.6) is 0 Å². The molecule has 1 saturated heterocycles. The van der Waals surface area contributed by atoms with Crippen molar-refractivity contribution < 1.29 is 4.74 Å². The van der Waals surface area contributed by atoms with Gasteiger partial charge in [0.25, 0.3) is 0 Å². The second-order valence-electron chi connectivity index (χ2n) is 2.81. The lowest BCUT2D eigenvalue weighted by molar-refractivity contribution is -0.138. The molecule has 1 atom stereocenters. The molecule has 10 heavy (non-hydrogen) atoms. The van der Waals surface area contributed by atoms with Crippen LogP contribution in [0.3, 0.4) is 0 Å². The van der Waals surface area contributed by atoms with Crippen LogP contribution >= 0.6 is 11.3 Å². The lowest BCUT2D eigenvalue weighted by atomic mass is 9.96. The zero-order valence-corrected chi connectivity index (χ0v) is 6.78. The van der Waals surface area contributed by atoms with Crippen molar-refractivity contribution in [3.8, 4) is 0 Å². The Morgan fingerprint density at radius 1 is 1.70 bits per heavy atom. The number of thiophene rings is 1. The highest BCUT2D eigenvalue weighted by Crippen LogP contribution is 2.38. The maximum Gasteiger partial charge on any atom is 0.102 e. The molecule has 1 aromatic rings. The summed E-state index contributed by atoms with van der Waals surface area (Å²) in [4.78, 5) is 1.36. The van der Waals surface area contributed by atoms with Gasteiger partial charge in [0.15, 0.2) is 0 Å². The maximum absolute atomic E-state index is 5.47. The number of hydrogen-bond acceptors (Lipinski definition) is 2. The Morgan fingerprint density at radius 2 is 2.50 bits per heavy atom. The molecule has 0 bridgehead atoms. The van der Waals surface area contributed by atoms with Gasteiger partial charge in [0.05, 0.1) is 6.61 Å². The van der Waals surface area contributed by atoms with E-state index < -0.39 is 0 Å². The minimum atomic E-state index is 0.0637. The van der Waals surface area contributed by atoms with E-state index in [1.807, 2.05) is 0 Å². The fourth-order valence-electron chi connectivity index (χ4n) is 1.18. The molecule has 1 aliphatic rings. The largest absolute Gasteiger partial charge is 0.370 e. The van der Waals surface area contributed by atoms with Crippen molar-refractivity contribution in [1.29, 1.82) is 0 Å². The third kappa shape index (κ3) is 0.796. The molecule has 2 rings (SSSR count). The lowest BCUT2D eigenvalue weighted by Crippen LogP contribution is -2.36. The predicted molar refractivity (Wildman–Crippen MR) is 42.2 cm³/mol. The van der Waals surface area contributed by atoms with Gasteiger partial charge in [0, 0.05) is 11.3 Å². The zero-order valence-electron chi connectivity index (χ0n) is 5.96. The zero-order chi connectivity index (χ0) is 7.03. The number of hydrogen-bond donors (Lipinski definition) is 0. The second-order valence-corrected chi connectivity index (χ2v) is 3.75. The topological polar surface area (TPSA) is 9.23 Å². The molecule has 1 aliphatic heterocycles. The molecule has 0 radical (unpaired) electrons. The minimum Gasteiger partial charge on any atom is -0.370 e. The highest BCUT2D eigenvalue weighted by Gasteiger charge is 2.35. The van der Waals surface area contributed by atoms with Gasteiger partial charge < -0.3 is 4.74 Å². The van der Waals surface area contributed by atoms with E-state index in [4.69, 9.17) is 4.74 Å². The predicted octanol–water partition coefficient (Wildman–Crippen LogP) is 2.38. The molecule has 2 heteroatoms. The molecule has 0 aliphatic carbocycles. The molecule has 54 valence electrons. The summed E-state index contributed by atoms with van der Waals surface area (Å²) < 4.78 is 5.47. The summed E-state index contributed by atoms with van der Waals surface area (Å²) in [6.07, 6.45) is 1.17. The Bertz CT molecular complexity index is 211. The van der Waals surface area contributed by atoms with Crippen molar-refractivity contribution in [2.75, 3.05) is 6.61 Å². The van der Waals surface area contributed by atoms with Gasteiger partial charge in [-0.3, -0.25) is 0 Å². The van der Waals surface area contributed by atoms with Gasteiger partial charge in [-0.2, -0.15) is 0 Å². The SMILES string of the molecule is CC1(c2cccs2)CCO1. The average molecular weight is 154 g/mol. The third-order valence-electron chi connectivity index (χ3n) is 2.04. The molecule has 0 amide bonds. The smallest absolute Gasteiger partial charge is 0.102 e. The van der Waals surface area contributed by atoms with Gasteiger partial charge in [-0.05, 0) is 18.4 Å². The first-order valence-electron chi connectivity index (χ1n) is 3.49. The molecular weight excluding hydrogens is 144 g/mol. The van der Waals surface area contributed by atoms with Crippen LogP contribution in [0.1, 0.15) is 18.2 Å². The highest BCUT2D eigenvalue weighted by atomic mass is 32.1. The first-order valence-corrected chi connectivity index (χ1v) is 4.37. The fourth-order valence-corrected chi connectivity index (χ4v) is 2.05. The molecule has 1 fully saturated rings. The summed E-state index contributed by atoms with van der Waals surface area (Å²) in [5.74, 6) is 0. The summed E-state index contributed by atoms with van der Waals surface area (Å²) in [6, 6.07) is 4.22. The van der Waals surface area contributed by atoms with Crippen molar-refractivity contribution in [2.24, 2.45) is 0 Å². The van der Waals surface area contributed by atoms with Crippen LogP contribution in [0.15, 0.2) is 17.5 Å². The Hall–Kier alpha value is -0.340. The highest BCUT2D eigenvalue weighted by molar-refractivity contribution is 7.10. The normalized spacial score (nSPS) is 31.7. The average Bonchev–Trinajstić information content (AvgIpc) is 2.33. The first kappa shape index (κ1) is 6.38. The number of ether oxygens (including phenoxy) is 1. The van der Waals surface area contributed by atoms with Gasteiger partial charge >= 0.3 is 0 Å². The van der Waals surface area contributed by atoms with E-state index in [-0.39, 0.29) is 5.60 Å². The molecule has 1 unspecified atom stereocenters. The van der Waals surface area contributed by atoms with Crippen LogP contribution in [0.2, 0.25) is 0 Å². The van der Waals surface area contributed by atoms with E-state index in [9.17, 15) is 0 Å². The second kappa shape index (κ2) is 2.07. The third-order valence-corrected chi connectivity index (χ3v) is 3.16. The Morgan fingerprint density at radius 3 is 2.90 bits per heavy atom. The minimum absolute atomic E-state index is 0.0637. The molecule has 1 nitrogen and oxygen atoms in total. The van der Waals surface area contributed by atoms with Crippen molar-refractivity contribution in [3.63, 3.8) is 0 Å². The fraction of sp³-hybridized carbons (Fsp3) is 0.500. The quantitative estimate of drug-likeness (QED) is 0.603. The van der Waals surface area contributed by atoms with Crippen LogP contribution < -0.4 is 0 Å². The Labute approximate surface area is 64.6 Å². The van der Waals surface area contributed by atoms with Crippen LogP contribution in [0.4, 0.5) is 0 Å². The molecule has 1 aromatic heterocycles. The van der Waals surface area contributed by atoms with Crippen molar-refractivity contribution in [1.82, 2.24) is 0 Å². The van der Waals surface area contributed by atoms with E-state index in [0.29, 0.717) is 0 Å². The van der Waals surface area contributed by atoms with E-state index in [0.717, 1.165) is 6.61 Å². The summed E-state index contributed by atoms with van der Waals surface area (Å²) in [5, 5.41) is 2.10. The first-order chi connectivity index (χ1) is 4.81. The van der Waals surface area contributed by atoms with E-state index >= 15 is 0 Å². The van der Waals surface area contributed by atoms with Gasteiger partial charge in [0.2, 0.25) is 0 Å². The lowest BCUT2D eigenvalue weighted by Gasteiger charge is -2.37. The molecule has 0 saturated carbocycles. The summed E-state index contributed by atoms with van der Waals surface area (Å²) in [7, 11) is 0. The van der Waals surface area contributed by atoms with E-state index in [1.165, 1.54) is 11.3 Å².